The third kappa shape index (κ3) is 5.41. The van der Waals surface area contributed by atoms with Gasteiger partial charge in [-0.05, 0) is 42.0 Å². The SMILES string of the molecule is COc1cc2ncnc(C(=N)CC(C)CC(=O)Nc3ccc(C(C)C)cc3)c2cc1OC. The molecule has 1 unspecified atom stereocenters. The van der Waals surface area contributed by atoms with Crippen molar-refractivity contribution in [2.75, 3.05) is 19.5 Å². The second kappa shape index (κ2) is 10.2. The Morgan fingerprint density at radius 1 is 1.00 bits per heavy atom. The summed E-state index contributed by atoms with van der Waals surface area (Å²) in [7, 11) is 3.13. The lowest BCUT2D eigenvalue weighted by Gasteiger charge is -2.14. The van der Waals surface area contributed by atoms with Crippen LogP contribution in [0.15, 0.2) is 42.7 Å². The third-order valence-electron chi connectivity index (χ3n) is 5.37. The maximum atomic E-state index is 12.5. The maximum Gasteiger partial charge on any atom is 0.224 e. The molecule has 1 amide bonds. The monoisotopic (exact) mass is 434 g/mol. The van der Waals surface area contributed by atoms with Crippen molar-refractivity contribution in [3.8, 4) is 11.5 Å². The van der Waals surface area contributed by atoms with Crippen LogP contribution in [0.25, 0.3) is 10.9 Å². The first-order valence-electron chi connectivity index (χ1n) is 10.7. The van der Waals surface area contributed by atoms with Gasteiger partial charge in [0.25, 0.3) is 0 Å². The molecular weight excluding hydrogens is 404 g/mol. The van der Waals surface area contributed by atoms with Crippen LogP contribution in [-0.2, 0) is 4.79 Å². The number of amides is 1. The van der Waals surface area contributed by atoms with Gasteiger partial charge in [-0.3, -0.25) is 4.79 Å². The number of rotatable bonds is 9. The number of hydrogen-bond acceptors (Lipinski definition) is 6. The van der Waals surface area contributed by atoms with E-state index < -0.39 is 0 Å². The van der Waals surface area contributed by atoms with Crippen molar-refractivity contribution in [2.24, 2.45) is 5.92 Å². The average molecular weight is 435 g/mol. The summed E-state index contributed by atoms with van der Waals surface area (Å²) < 4.78 is 10.7. The van der Waals surface area contributed by atoms with Gasteiger partial charge in [0.1, 0.15) is 6.33 Å². The number of nitrogens with zero attached hydrogens (tertiary/aromatic N) is 2. The summed E-state index contributed by atoms with van der Waals surface area (Å²) in [5, 5.41) is 12.3. The molecule has 3 rings (SSSR count). The van der Waals surface area contributed by atoms with Gasteiger partial charge in [0.15, 0.2) is 11.5 Å². The van der Waals surface area contributed by atoms with Gasteiger partial charge in [0.05, 0.1) is 31.1 Å². The second-order valence-electron chi connectivity index (χ2n) is 8.26. The van der Waals surface area contributed by atoms with E-state index in [0.717, 1.165) is 11.1 Å². The van der Waals surface area contributed by atoms with E-state index in [0.29, 0.717) is 47.2 Å². The Kier molecular flexibility index (Phi) is 7.41. The zero-order valence-corrected chi connectivity index (χ0v) is 19.2. The molecule has 7 heteroatoms. The van der Waals surface area contributed by atoms with E-state index in [-0.39, 0.29) is 11.8 Å². The summed E-state index contributed by atoms with van der Waals surface area (Å²) in [6.07, 6.45) is 2.17. The summed E-state index contributed by atoms with van der Waals surface area (Å²) in [4.78, 5) is 21.1. The number of hydrogen-bond donors (Lipinski definition) is 2. The lowest BCUT2D eigenvalue weighted by Crippen LogP contribution is -2.17. The number of methoxy groups -OCH3 is 2. The van der Waals surface area contributed by atoms with Crippen molar-refractivity contribution < 1.29 is 14.3 Å². The Bertz CT molecular complexity index is 1110. The van der Waals surface area contributed by atoms with Gasteiger partial charge in [-0.15, -0.1) is 0 Å². The van der Waals surface area contributed by atoms with Crippen LogP contribution in [0.5, 0.6) is 11.5 Å². The molecule has 1 aromatic heterocycles. The Labute approximate surface area is 188 Å². The topological polar surface area (TPSA) is 97.2 Å². The molecule has 168 valence electrons. The number of fused-ring (bicyclic) bond motifs is 1. The minimum atomic E-state index is -0.0680. The van der Waals surface area contributed by atoms with Crippen molar-refractivity contribution in [2.45, 2.75) is 39.5 Å². The molecule has 2 N–H and O–H groups in total. The molecular formula is C25H30N4O3. The van der Waals surface area contributed by atoms with E-state index in [4.69, 9.17) is 14.9 Å². The predicted molar refractivity (Wildman–Crippen MR) is 127 cm³/mol. The molecule has 0 saturated heterocycles. The molecule has 0 bridgehead atoms. The summed E-state index contributed by atoms with van der Waals surface area (Å²) in [5.74, 6) is 1.48. The molecule has 7 nitrogen and oxygen atoms in total. The van der Waals surface area contributed by atoms with Crippen molar-refractivity contribution in [3.63, 3.8) is 0 Å². The van der Waals surface area contributed by atoms with Crippen LogP contribution in [0.4, 0.5) is 5.69 Å². The Balaban J connectivity index is 1.67. The highest BCUT2D eigenvalue weighted by Crippen LogP contribution is 2.32. The van der Waals surface area contributed by atoms with Crippen LogP contribution in [0.3, 0.4) is 0 Å². The van der Waals surface area contributed by atoms with E-state index >= 15 is 0 Å². The quantitative estimate of drug-likeness (QED) is 0.452. The minimum Gasteiger partial charge on any atom is -0.493 e. The molecule has 0 radical (unpaired) electrons. The molecule has 0 aliphatic rings. The Hall–Kier alpha value is -3.48. The summed E-state index contributed by atoms with van der Waals surface area (Å²) in [6, 6.07) is 11.5. The first kappa shape index (κ1) is 23.2. The molecule has 0 saturated carbocycles. The lowest BCUT2D eigenvalue weighted by molar-refractivity contribution is -0.116. The first-order chi connectivity index (χ1) is 15.3. The molecule has 2 aromatic carbocycles. The van der Waals surface area contributed by atoms with E-state index in [1.54, 1.807) is 26.4 Å². The Morgan fingerprint density at radius 3 is 2.28 bits per heavy atom. The number of carbonyl (C=O) groups is 1. The van der Waals surface area contributed by atoms with E-state index in [1.165, 1.54) is 11.9 Å². The standard InChI is InChI=1S/C25H30N4O3/c1-15(2)17-6-8-18(9-7-17)29-24(30)11-16(3)10-20(26)25-19-12-22(31-4)23(32-5)13-21(19)27-14-28-25/h6-9,12-16,26H,10-11H2,1-5H3,(H,29,30). The zero-order chi connectivity index (χ0) is 23.3. The molecule has 0 aliphatic heterocycles. The highest BCUT2D eigenvalue weighted by Gasteiger charge is 2.17. The molecule has 0 fully saturated rings. The largest absolute Gasteiger partial charge is 0.493 e. The van der Waals surface area contributed by atoms with Gasteiger partial charge in [-0.2, -0.15) is 0 Å². The van der Waals surface area contributed by atoms with Crippen LogP contribution in [-0.4, -0.2) is 35.8 Å². The molecule has 1 atom stereocenters. The number of anilines is 1. The third-order valence-corrected chi connectivity index (χ3v) is 5.37. The summed E-state index contributed by atoms with van der Waals surface area (Å²) >= 11 is 0. The van der Waals surface area contributed by atoms with Gasteiger partial charge < -0.3 is 20.2 Å². The van der Waals surface area contributed by atoms with Gasteiger partial charge in [-0.25, -0.2) is 9.97 Å². The summed E-state index contributed by atoms with van der Waals surface area (Å²) in [6.45, 7) is 6.23. The molecule has 32 heavy (non-hydrogen) atoms. The van der Waals surface area contributed by atoms with Crippen LogP contribution in [0.1, 0.15) is 50.8 Å². The van der Waals surface area contributed by atoms with Crippen LogP contribution in [0.2, 0.25) is 0 Å². The van der Waals surface area contributed by atoms with Crippen molar-refractivity contribution >= 4 is 28.2 Å². The average Bonchev–Trinajstić information content (AvgIpc) is 2.77. The fourth-order valence-corrected chi connectivity index (χ4v) is 3.62. The van der Waals surface area contributed by atoms with Crippen LogP contribution < -0.4 is 14.8 Å². The zero-order valence-electron chi connectivity index (χ0n) is 19.2. The molecule has 3 aromatic rings. The number of carbonyl (C=O) groups excluding carboxylic acids is 1. The highest BCUT2D eigenvalue weighted by molar-refractivity contribution is 6.07. The van der Waals surface area contributed by atoms with E-state index in [1.807, 2.05) is 31.2 Å². The Morgan fingerprint density at radius 2 is 1.66 bits per heavy atom. The fourth-order valence-electron chi connectivity index (χ4n) is 3.62. The van der Waals surface area contributed by atoms with Crippen LogP contribution >= 0.6 is 0 Å². The predicted octanol–water partition coefficient (Wildman–Crippen LogP) is 5.19. The number of nitrogens with one attached hydrogen (secondary N) is 2. The van der Waals surface area contributed by atoms with Crippen LogP contribution in [0, 0.1) is 11.3 Å². The fraction of sp³-hybridized carbons (Fsp3) is 0.360. The molecule has 0 aliphatic carbocycles. The van der Waals surface area contributed by atoms with Gasteiger partial charge in [0, 0.05) is 23.6 Å². The molecule has 0 spiro atoms. The lowest BCUT2D eigenvalue weighted by atomic mass is 9.96. The normalized spacial score (nSPS) is 11.9. The van der Waals surface area contributed by atoms with Crippen molar-refractivity contribution in [1.82, 2.24) is 9.97 Å². The highest BCUT2D eigenvalue weighted by atomic mass is 16.5. The van der Waals surface area contributed by atoms with Gasteiger partial charge >= 0.3 is 0 Å². The number of ether oxygens (including phenoxy) is 2. The minimum absolute atomic E-state index is 0.0254. The number of benzene rings is 2. The first-order valence-corrected chi connectivity index (χ1v) is 10.7. The van der Waals surface area contributed by atoms with Gasteiger partial charge in [0.2, 0.25) is 5.91 Å². The summed E-state index contributed by atoms with van der Waals surface area (Å²) in [5.41, 5.74) is 3.58. The van der Waals surface area contributed by atoms with Gasteiger partial charge in [-0.1, -0.05) is 32.9 Å². The van der Waals surface area contributed by atoms with Crippen molar-refractivity contribution in [1.29, 1.82) is 5.41 Å². The van der Waals surface area contributed by atoms with Crippen molar-refractivity contribution in [3.05, 3.63) is 54.0 Å². The number of aromatic nitrogens is 2. The second-order valence-corrected chi connectivity index (χ2v) is 8.26. The van der Waals surface area contributed by atoms with E-state index in [9.17, 15) is 4.79 Å². The smallest absolute Gasteiger partial charge is 0.224 e. The maximum absolute atomic E-state index is 12.5. The van der Waals surface area contributed by atoms with E-state index in [2.05, 4.69) is 29.1 Å². The molecule has 1 heterocycles.